The number of carbonyl (C=O) groups excluding carboxylic acids is 1. The van der Waals surface area contributed by atoms with Gasteiger partial charge in [-0.25, -0.2) is 4.72 Å². The molecule has 0 unspecified atom stereocenters. The molecule has 0 bridgehead atoms. The second kappa shape index (κ2) is 5.33. The van der Waals surface area contributed by atoms with E-state index in [1.807, 2.05) is 12.1 Å². The highest BCUT2D eigenvalue weighted by Gasteiger charge is 2.26. The Kier molecular flexibility index (Phi) is 3.50. The number of sulfonamides is 1. The quantitative estimate of drug-likeness (QED) is 0.901. The van der Waals surface area contributed by atoms with Crippen LogP contribution >= 0.6 is 0 Å². The Hall–Kier alpha value is -2.15. The molecule has 0 aliphatic heterocycles. The van der Waals surface area contributed by atoms with E-state index in [1.165, 1.54) is 12.3 Å². The Labute approximate surface area is 122 Å². The number of hydrogen-bond acceptors (Lipinski definition) is 4. The number of hydrogen-bond donors (Lipinski definition) is 2. The van der Waals surface area contributed by atoms with E-state index >= 15 is 0 Å². The lowest BCUT2D eigenvalue weighted by atomic mass is 9.78. The van der Waals surface area contributed by atoms with Crippen molar-refractivity contribution >= 4 is 15.9 Å². The Balaban J connectivity index is 1.86. The number of H-pyrrole nitrogens is 1. The van der Waals surface area contributed by atoms with Crippen LogP contribution in [0.1, 0.15) is 41.1 Å². The Morgan fingerprint density at radius 1 is 1.24 bits per heavy atom. The first kappa shape index (κ1) is 13.8. The fourth-order valence-electron chi connectivity index (χ4n) is 2.40. The molecule has 0 spiro atoms. The van der Waals surface area contributed by atoms with Gasteiger partial charge >= 0.3 is 0 Å². The maximum Gasteiger partial charge on any atom is 0.281 e. The van der Waals surface area contributed by atoms with Crippen molar-refractivity contribution in [3.8, 4) is 0 Å². The summed E-state index contributed by atoms with van der Waals surface area (Å²) in [6.45, 7) is 0. The van der Waals surface area contributed by atoms with Crippen molar-refractivity contribution in [1.82, 2.24) is 14.9 Å². The van der Waals surface area contributed by atoms with E-state index in [-0.39, 0.29) is 5.03 Å². The smallest absolute Gasteiger partial charge is 0.268 e. The SMILES string of the molecule is O=C(NS(=O)(=O)c1ccn[nH]1)c1ccccc1C1CCC1. The molecular formula is C14H15N3O3S. The Morgan fingerprint density at radius 3 is 2.62 bits per heavy atom. The topological polar surface area (TPSA) is 91.9 Å². The molecular weight excluding hydrogens is 290 g/mol. The van der Waals surface area contributed by atoms with Gasteiger partial charge in [-0.2, -0.15) is 13.5 Å². The maximum absolute atomic E-state index is 12.3. The van der Waals surface area contributed by atoms with Crippen molar-refractivity contribution < 1.29 is 13.2 Å². The molecule has 1 amide bonds. The number of benzene rings is 1. The van der Waals surface area contributed by atoms with Crippen LogP contribution in [0.15, 0.2) is 41.6 Å². The van der Waals surface area contributed by atoms with Crippen molar-refractivity contribution in [2.75, 3.05) is 0 Å². The van der Waals surface area contributed by atoms with Gasteiger partial charge in [0, 0.05) is 5.56 Å². The third kappa shape index (κ3) is 2.69. The van der Waals surface area contributed by atoms with Crippen molar-refractivity contribution in [2.24, 2.45) is 0 Å². The largest absolute Gasteiger partial charge is 0.281 e. The van der Waals surface area contributed by atoms with Gasteiger partial charge < -0.3 is 0 Å². The third-order valence-corrected chi connectivity index (χ3v) is 5.00. The summed E-state index contributed by atoms with van der Waals surface area (Å²) in [5.41, 5.74) is 1.34. The average molecular weight is 305 g/mol. The van der Waals surface area contributed by atoms with Gasteiger partial charge in [0.05, 0.1) is 6.20 Å². The predicted molar refractivity (Wildman–Crippen MR) is 76.3 cm³/mol. The van der Waals surface area contributed by atoms with Crippen LogP contribution in [0, 0.1) is 0 Å². The van der Waals surface area contributed by atoms with Crippen molar-refractivity contribution in [3.63, 3.8) is 0 Å². The average Bonchev–Trinajstić information content (AvgIpc) is 2.91. The van der Waals surface area contributed by atoms with Crippen LogP contribution in [0.2, 0.25) is 0 Å². The number of aromatic amines is 1. The molecule has 7 heteroatoms. The second-order valence-electron chi connectivity index (χ2n) is 5.07. The molecule has 2 aromatic rings. The highest BCUT2D eigenvalue weighted by Crippen LogP contribution is 2.37. The molecule has 21 heavy (non-hydrogen) atoms. The summed E-state index contributed by atoms with van der Waals surface area (Å²) in [5.74, 6) is -0.256. The zero-order valence-electron chi connectivity index (χ0n) is 11.2. The summed E-state index contributed by atoms with van der Waals surface area (Å²) in [6, 6.07) is 8.45. The van der Waals surface area contributed by atoms with Crippen LogP contribution in [-0.2, 0) is 10.0 Å². The molecule has 1 saturated carbocycles. The molecule has 1 aromatic heterocycles. The molecule has 110 valence electrons. The lowest BCUT2D eigenvalue weighted by molar-refractivity contribution is 0.0979. The van der Waals surface area contributed by atoms with E-state index in [4.69, 9.17) is 0 Å². The normalized spacial score (nSPS) is 15.4. The zero-order valence-corrected chi connectivity index (χ0v) is 12.1. The molecule has 1 aliphatic carbocycles. The highest BCUT2D eigenvalue weighted by molar-refractivity contribution is 7.90. The molecule has 1 aromatic carbocycles. The van der Waals surface area contributed by atoms with Crippen LogP contribution in [0.4, 0.5) is 0 Å². The number of rotatable bonds is 4. The van der Waals surface area contributed by atoms with Gasteiger partial charge in [-0.05, 0) is 36.5 Å². The van der Waals surface area contributed by atoms with Crippen LogP contribution in [0.5, 0.6) is 0 Å². The van der Waals surface area contributed by atoms with Gasteiger partial charge in [0.15, 0.2) is 5.03 Å². The zero-order chi connectivity index (χ0) is 14.9. The fourth-order valence-corrected chi connectivity index (χ4v) is 3.28. The minimum absolute atomic E-state index is 0.128. The summed E-state index contributed by atoms with van der Waals surface area (Å²) in [6.07, 6.45) is 4.55. The predicted octanol–water partition coefficient (Wildman–Crippen LogP) is 1.80. The minimum Gasteiger partial charge on any atom is -0.268 e. The van der Waals surface area contributed by atoms with Crippen LogP contribution in [0.25, 0.3) is 0 Å². The van der Waals surface area contributed by atoms with E-state index in [0.717, 1.165) is 24.8 Å². The van der Waals surface area contributed by atoms with Crippen LogP contribution in [0.3, 0.4) is 0 Å². The fraction of sp³-hybridized carbons (Fsp3) is 0.286. The van der Waals surface area contributed by atoms with E-state index in [2.05, 4.69) is 14.9 Å². The Morgan fingerprint density at radius 2 is 2.00 bits per heavy atom. The Bertz CT molecular complexity index is 750. The molecule has 1 aliphatic rings. The molecule has 0 atom stereocenters. The molecule has 1 heterocycles. The lowest BCUT2D eigenvalue weighted by Gasteiger charge is -2.27. The first-order valence-electron chi connectivity index (χ1n) is 6.73. The highest BCUT2D eigenvalue weighted by atomic mass is 32.2. The van der Waals surface area contributed by atoms with E-state index in [1.54, 1.807) is 12.1 Å². The summed E-state index contributed by atoms with van der Waals surface area (Å²) < 4.78 is 26.2. The first-order valence-corrected chi connectivity index (χ1v) is 8.22. The summed E-state index contributed by atoms with van der Waals surface area (Å²) in [4.78, 5) is 12.3. The summed E-state index contributed by atoms with van der Waals surface area (Å²) in [5, 5.41) is 5.79. The molecule has 1 fully saturated rings. The standard InChI is InChI=1S/C14H15N3O3S/c18-14(17-21(19,20)13-8-9-15-16-13)12-7-2-1-6-11(12)10-4-3-5-10/h1-2,6-10H,3-5H2,(H,15,16)(H,17,18). The van der Waals surface area contributed by atoms with E-state index in [9.17, 15) is 13.2 Å². The molecule has 3 rings (SSSR count). The van der Waals surface area contributed by atoms with Gasteiger partial charge in [0.2, 0.25) is 0 Å². The van der Waals surface area contributed by atoms with Crippen LogP contribution in [-0.4, -0.2) is 24.5 Å². The third-order valence-electron chi connectivity index (χ3n) is 3.74. The minimum atomic E-state index is -3.91. The first-order chi connectivity index (χ1) is 10.1. The molecule has 0 radical (unpaired) electrons. The number of amides is 1. The van der Waals surface area contributed by atoms with Gasteiger partial charge in [0.1, 0.15) is 0 Å². The summed E-state index contributed by atoms with van der Waals surface area (Å²) >= 11 is 0. The number of carbonyl (C=O) groups is 1. The van der Waals surface area contributed by atoms with Crippen molar-refractivity contribution in [1.29, 1.82) is 0 Å². The number of aromatic nitrogens is 2. The summed E-state index contributed by atoms with van der Waals surface area (Å²) in [7, 11) is -3.91. The van der Waals surface area contributed by atoms with Gasteiger partial charge in [-0.3, -0.25) is 9.89 Å². The maximum atomic E-state index is 12.3. The van der Waals surface area contributed by atoms with E-state index in [0.29, 0.717) is 11.5 Å². The van der Waals surface area contributed by atoms with Gasteiger partial charge in [0.25, 0.3) is 15.9 Å². The number of nitrogens with zero attached hydrogens (tertiary/aromatic N) is 1. The lowest BCUT2D eigenvalue weighted by Crippen LogP contribution is -2.32. The second-order valence-corrected chi connectivity index (χ2v) is 6.72. The van der Waals surface area contributed by atoms with Crippen LogP contribution < -0.4 is 4.72 Å². The van der Waals surface area contributed by atoms with E-state index < -0.39 is 15.9 Å². The van der Waals surface area contributed by atoms with Crippen molar-refractivity contribution in [3.05, 3.63) is 47.7 Å². The van der Waals surface area contributed by atoms with Gasteiger partial charge in [-0.1, -0.05) is 24.6 Å². The number of nitrogens with one attached hydrogen (secondary N) is 2. The molecule has 0 saturated heterocycles. The molecule has 6 nitrogen and oxygen atoms in total. The van der Waals surface area contributed by atoms with Crippen molar-refractivity contribution in [2.45, 2.75) is 30.2 Å². The molecule has 2 N–H and O–H groups in total. The monoisotopic (exact) mass is 305 g/mol. The van der Waals surface area contributed by atoms with Gasteiger partial charge in [-0.15, -0.1) is 0 Å².